The molecule has 1 aromatic heterocycles. The molecule has 1 heterocycles. The Labute approximate surface area is 90.7 Å². The third kappa shape index (κ3) is 1.45. The fourth-order valence-corrected chi connectivity index (χ4v) is 2.93. The van der Waals surface area contributed by atoms with Crippen molar-refractivity contribution < 1.29 is 0 Å². The van der Waals surface area contributed by atoms with Gasteiger partial charge in [0.2, 0.25) is 0 Å². The molecular weight excluding hydrogens is 248 g/mol. The van der Waals surface area contributed by atoms with Crippen LogP contribution in [0.15, 0.2) is 9.98 Å². The van der Waals surface area contributed by atoms with Gasteiger partial charge in [0, 0.05) is 11.0 Å². The lowest BCUT2D eigenvalue weighted by Gasteiger charge is -2.29. The predicted molar refractivity (Wildman–Crippen MR) is 59.0 cm³/mol. The maximum atomic E-state index is 6.22. The Bertz CT molecular complexity index is 328. The lowest BCUT2D eigenvalue weighted by Crippen LogP contribution is -2.43. The molecular formula is C9H13BrN2S. The number of aromatic nitrogens is 1. The zero-order valence-electron chi connectivity index (χ0n) is 7.80. The van der Waals surface area contributed by atoms with E-state index in [0.717, 1.165) is 21.6 Å². The van der Waals surface area contributed by atoms with Gasteiger partial charge in [0.1, 0.15) is 5.01 Å². The van der Waals surface area contributed by atoms with Crippen LogP contribution in [0.1, 0.15) is 31.7 Å². The van der Waals surface area contributed by atoms with Gasteiger partial charge in [-0.25, -0.2) is 4.98 Å². The van der Waals surface area contributed by atoms with Crippen molar-refractivity contribution in [1.82, 2.24) is 4.98 Å². The fourth-order valence-electron chi connectivity index (χ4n) is 1.52. The molecule has 2 N–H and O–H groups in total. The second-order valence-electron chi connectivity index (χ2n) is 4.25. The molecule has 4 heteroatoms. The van der Waals surface area contributed by atoms with E-state index in [1.807, 2.05) is 6.20 Å². The number of hydrogen-bond acceptors (Lipinski definition) is 3. The minimum absolute atomic E-state index is 0.00963. The van der Waals surface area contributed by atoms with Crippen molar-refractivity contribution in [2.75, 3.05) is 0 Å². The highest BCUT2D eigenvalue weighted by molar-refractivity contribution is 9.11. The SMILES string of the molecule is CC(C)(c1ncc(Br)s1)C1(N)CC1. The van der Waals surface area contributed by atoms with E-state index >= 15 is 0 Å². The first-order valence-corrected chi connectivity index (χ1v) is 5.97. The van der Waals surface area contributed by atoms with Crippen LogP contribution in [0.25, 0.3) is 0 Å². The van der Waals surface area contributed by atoms with Crippen LogP contribution >= 0.6 is 27.3 Å². The summed E-state index contributed by atoms with van der Waals surface area (Å²) in [6, 6.07) is 0. The molecule has 0 amide bonds. The molecule has 1 fully saturated rings. The zero-order valence-corrected chi connectivity index (χ0v) is 10.2. The van der Waals surface area contributed by atoms with Crippen LogP contribution in [0, 0.1) is 0 Å². The molecule has 72 valence electrons. The van der Waals surface area contributed by atoms with E-state index < -0.39 is 0 Å². The van der Waals surface area contributed by atoms with Gasteiger partial charge in [-0.15, -0.1) is 11.3 Å². The highest BCUT2D eigenvalue weighted by Gasteiger charge is 2.53. The summed E-state index contributed by atoms with van der Waals surface area (Å²) in [6.07, 6.45) is 4.10. The molecule has 2 nitrogen and oxygen atoms in total. The van der Waals surface area contributed by atoms with Crippen molar-refractivity contribution in [2.45, 2.75) is 37.6 Å². The number of nitrogens with two attached hydrogens (primary N) is 1. The Morgan fingerprint density at radius 1 is 1.62 bits per heavy atom. The lowest BCUT2D eigenvalue weighted by molar-refractivity contribution is 0.389. The number of hydrogen-bond donors (Lipinski definition) is 1. The van der Waals surface area contributed by atoms with Gasteiger partial charge in [-0.2, -0.15) is 0 Å². The minimum atomic E-state index is -0.00963. The van der Waals surface area contributed by atoms with E-state index in [0.29, 0.717) is 0 Å². The number of rotatable bonds is 2. The van der Waals surface area contributed by atoms with Crippen LogP contribution in [0.3, 0.4) is 0 Å². The Morgan fingerprint density at radius 2 is 2.23 bits per heavy atom. The largest absolute Gasteiger partial charge is 0.324 e. The fraction of sp³-hybridized carbons (Fsp3) is 0.667. The first-order valence-electron chi connectivity index (χ1n) is 4.36. The molecule has 0 unspecified atom stereocenters. The Balaban J connectivity index is 2.34. The monoisotopic (exact) mass is 260 g/mol. The molecule has 1 aliphatic rings. The van der Waals surface area contributed by atoms with Crippen molar-refractivity contribution in [3.63, 3.8) is 0 Å². The van der Waals surface area contributed by atoms with Crippen molar-refractivity contribution in [3.05, 3.63) is 15.0 Å². The molecule has 0 bridgehead atoms. The van der Waals surface area contributed by atoms with Gasteiger partial charge in [-0.3, -0.25) is 0 Å². The topological polar surface area (TPSA) is 38.9 Å². The predicted octanol–water partition coefficient (Wildman–Crippen LogP) is 2.67. The van der Waals surface area contributed by atoms with Crippen molar-refractivity contribution >= 4 is 27.3 Å². The number of halogens is 1. The Kier molecular flexibility index (Phi) is 2.06. The molecule has 2 rings (SSSR count). The molecule has 1 aromatic rings. The quantitative estimate of drug-likeness (QED) is 0.888. The van der Waals surface area contributed by atoms with E-state index in [-0.39, 0.29) is 11.0 Å². The maximum Gasteiger partial charge on any atom is 0.101 e. The van der Waals surface area contributed by atoms with Crippen LogP contribution in [-0.2, 0) is 5.41 Å². The summed E-state index contributed by atoms with van der Waals surface area (Å²) in [6.45, 7) is 4.37. The standard InChI is InChI=1S/C9H13BrN2S/c1-8(2,9(11)3-4-9)7-12-5-6(10)13-7/h5H,3-4,11H2,1-2H3. The molecule has 13 heavy (non-hydrogen) atoms. The smallest absolute Gasteiger partial charge is 0.101 e. The summed E-state index contributed by atoms with van der Waals surface area (Å²) in [5, 5.41) is 1.14. The van der Waals surface area contributed by atoms with Crippen LogP contribution in [-0.4, -0.2) is 10.5 Å². The van der Waals surface area contributed by atoms with Crippen LogP contribution < -0.4 is 5.73 Å². The average molecular weight is 261 g/mol. The van der Waals surface area contributed by atoms with Gasteiger partial charge in [0.15, 0.2) is 0 Å². The van der Waals surface area contributed by atoms with Crippen LogP contribution in [0.5, 0.6) is 0 Å². The molecule has 0 atom stereocenters. The second-order valence-corrected chi connectivity index (χ2v) is 6.66. The van der Waals surface area contributed by atoms with Gasteiger partial charge >= 0.3 is 0 Å². The van der Waals surface area contributed by atoms with Crippen LogP contribution in [0.4, 0.5) is 0 Å². The van der Waals surface area contributed by atoms with E-state index in [2.05, 4.69) is 34.8 Å². The van der Waals surface area contributed by atoms with Crippen molar-refractivity contribution in [1.29, 1.82) is 0 Å². The first-order chi connectivity index (χ1) is 5.96. The van der Waals surface area contributed by atoms with Gasteiger partial charge in [0.05, 0.1) is 9.98 Å². The highest BCUT2D eigenvalue weighted by atomic mass is 79.9. The number of thiazole rings is 1. The Hall–Kier alpha value is 0.0700. The summed E-state index contributed by atoms with van der Waals surface area (Å²) in [4.78, 5) is 4.39. The second kappa shape index (κ2) is 2.78. The van der Waals surface area contributed by atoms with E-state index in [9.17, 15) is 0 Å². The third-order valence-corrected chi connectivity index (χ3v) is 4.85. The average Bonchev–Trinajstić information content (AvgIpc) is 2.63. The van der Waals surface area contributed by atoms with Gasteiger partial charge in [0.25, 0.3) is 0 Å². The lowest BCUT2D eigenvalue weighted by atomic mass is 9.83. The zero-order chi connectivity index (χ0) is 9.69. The van der Waals surface area contributed by atoms with Gasteiger partial charge in [-0.05, 0) is 28.8 Å². The summed E-state index contributed by atoms with van der Waals surface area (Å²) in [7, 11) is 0. The van der Waals surface area contributed by atoms with Crippen LogP contribution in [0.2, 0.25) is 0 Å². The molecule has 1 saturated carbocycles. The Morgan fingerprint density at radius 3 is 2.62 bits per heavy atom. The van der Waals surface area contributed by atoms with E-state index in [1.54, 1.807) is 11.3 Å². The minimum Gasteiger partial charge on any atom is -0.324 e. The summed E-state index contributed by atoms with van der Waals surface area (Å²) in [5.74, 6) is 0. The van der Waals surface area contributed by atoms with Crippen molar-refractivity contribution in [2.24, 2.45) is 5.73 Å². The molecule has 0 aliphatic heterocycles. The van der Waals surface area contributed by atoms with Gasteiger partial charge < -0.3 is 5.73 Å². The van der Waals surface area contributed by atoms with E-state index in [1.165, 1.54) is 0 Å². The maximum absolute atomic E-state index is 6.22. The molecule has 0 aromatic carbocycles. The third-order valence-electron chi connectivity index (χ3n) is 3.05. The summed E-state index contributed by atoms with van der Waals surface area (Å²) in [5.41, 5.74) is 6.22. The first kappa shape index (κ1) is 9.62. The summed E-state index contributed by atoms with van der Waals surface area (Å²) < 4.78 is 1.08. The molecule has 0 saturated heterocycles. The molecule has 1 aliphatic carbocycles. The van der Waals surface area contributed by atoms with Crippen molar-refractivity contribution in [3.8, 4) is 0 Å². The molecule has 0 radical (unpaired) electrons. The normalized spacial score (nSPS) is 20.3. The summed E-state index contributed by atoms with van der Waals surface area (Å²) >= 11 is 5.11. The van der Waals surface area contributed by atoms with E-state index in [4.69, 9.17) is 5.73 Å². The number of nitrogens with zero attached hydrogens (tertiary/aromatic N) is 1. The van der Waals surface area contributed by atoms with Gasteiger partial charge in [-0.1, -0.05) is 13.8 Å². The highest BCUT2D eigenvalue weighted by Crippen LogP contribution is 2.50. The molecule has 0 spiro atoms.